The third-order valence-corrected chi connectivity index (χ3v) is 3.22. The number of nitrogens with one attached hydrogen (secondary N) is 1. The van der Waals surface area contributed by atoms with Crippen LogP contribution in [0.1, 0.15) is 17.5 Å². The van der Waals surface area contributed by atoms with Crippen LogP contribution in [0.4, 0.5) is 4.79 Å². The van der Waals surface area contributed by atoms with Crippen molar-refractivity contribution in [3.05, 3.63) is 35.4 Å². The highest BCUT2D eigenvalue weighted by Crippen LogP contribution is 2.18. The Balaban J connectivity index is 1.83. The molecule has 2 rings (SSSR count). The summed E-state index contributed by atoms with van der Waals surface area (Å²) in [5.41, 5.74) is 2.62. The predicted molar refractivity (Wildman–Crippen MR) is 70.4 cm³/mol. The molecule has 0 atom stereocenters. The van der Waals surface area contributed by atoms with Gasteiger partial charge in [0.1, 0.15) is 0 Å². The first-order chi connectivity index (χ1) is 8.81. The third-order valence-electron chi connectivity index (χ3n) is 3.22. The zero-order valence-electron chi connectivity index (χ0n) is 10.8. The Bertz CT molecular complexity index is 407. The van der Waals surface area contributed by atoms with Crippen molar-refractivity contribution in [3.63, 3.8) is 0 Å². The zero-order chi connectivity index (χ0) is 12.8. The Kier molecular flexibility index (Phi) is 4.59. The van der Waals surface area contributed by atoms with Crippen LogP contribution in [-0.2, 0) is 17.7 Å². The average molecular weight is 248 g/mol. The molecule has 0 fully saturated rings. The molecule has 0 bridgehead atoms. The van der Waals surface area contributed by atoms with E-state index in [9.17, 15) is 4.79 Å². The van der Waals surface area contributed by atoms with E-state index in [-0.39, 0.29) is 6.03 Å². The minimum Gasteiger partial charge on any atom is -0.385 e. The molecule has 4 nitrogen and oxygen atoms in total. The normalized spacial score (nSPS) is 14.2. The quantitative estimate of drug-likeness (QED) is 0.825. The second-order valence-electron chi connectivity index (χ2n) is 4.52. The van der Waals surface area contributed by atoms with Crippen LogP contribution in [0.15, 0.2) is 24.3 Å². The van der Waals surface area contributed by atoms with E-state index in [2.05, 4.69) is 23.5 Å². The highest BCUT2D eigenvalue weighted by molar-refractivity contribution is 5.74. The van der Waals surface area contributed by atoms with Crippen LogP contribution in [0.5, 0.6) is 0 Å². The lowest BCUT2D eigenvalue weighted by Crippen LogP contribution is -2.43. The third kappa shape index (κ3) is 3.23. The summed E-state index contributed by atoms with van der Waals surface area (Å²) < 4.78 is 4.95. The molecular weight excluding hydrogens is 228 g/mol. The topological polar surface area (TPSA) is 41.6 Å². The van der Waals surface area contributed by atoms with Gasteiger partial charge in [0.25, 0.3) is 0 Å². The monoisotopic (exact) mass is 248 g/mol. The number of carbonyl (C=O) groups is 1. The van der Waals surface area contributed by atoms with E-state index < -0.39 is 0 Å². The molecule has 1 aliphatic heterocycles. The first-order valence-corrected chi connectivity index (χ1v) is 6.40. The summed E-state index contributed by atoms with van der Waals surface area (Å²) in [6.45, 7) is 2.87. The van der Waals surface area contributed by atoms with Gasteiger partial charge in [-0.15, -0.1) is 0 Å². The van der Waals surface area contributed by atoms with Crippen molar-refractivity contribution in [2.75, 3.05) is 26.8 Å². The van der Waals surface area contributed by atoms with Gasteiger partial charge in [-0.25, -0.2) is 4.79 Å². The van der Waals surface area contributed by atoms with Crippen molar-refractivity contribution >= 4 is 6.03 Å². The van der Waals surface area contributed by atoms with Crippen LogP contribution < -0.4 is 5.32 Å². The van der Waals surface area contributed by atoms with Crippen molar-refractivity contribution < 1.29 is 9.53 Å². The number of rotatable bonds is 4. The number of carbonyl (C=O) groups excluding carboxylic acids is 1. The molecule has 1 heterocycles. The fourth-order valence-electron chi connectivity index (χ4n) is 2.19. The Morgan fingerprint density at radius 1 is 1.39 bits per heavy atom. The number of amides is 2. The van der Waals surface area contributed by atoms with E-state index in [4.69, 9.17) is 4.74 Å². The van der Waals surface area contributed by atoms with Crippen LogP contribution in [0, 0.1) is 0 Å². The van der Waals surface area contributed by atoms with Crippen molar-refractivity contribution in [1.82, 2.24) is 10.2 Å². The van der Waals surface area contributed by atoms with Crippen LogP contribution in [0.3, 0.4) is 0 Å². The van der Waals surface area contributed by atoms with Gasteiger partial charge in [-0.2, -0.15) is 0 Å². The number of hydrogen-bond acceptors (Lipinski definition) is 2. The minimum atomic E-state index is 0.0283. The summed E-state index contributed by atoms with van der Waals surface area (Å²) in [5.74, 6) is 0. The first kappa shape index (κ1) is 12.9. The molecule has 0 aliphatic carbocycles. The molecule has 1 aromatic carbocycles. The second kappa shape index (κ2) is 6.40. The molecule has 1 aliphatic rings. The van der Waals surface area contributed by atoms with E-state index in [0.717, 1.165) is 19.4 Å². The largest absolute Gasteiger partial charge is 0.385 e. The van der Waals surface area contributed by atoms with Gasteiger partial charge in [-0.1, -0.05) is 24.3 Å². The lowest BCUT2D eigenvalue weighted by Gasteiger charge is -2.28. The van der Waals surface area contributed by atoms with E-state index in [1.54, 1.807) is 7.11 Å². The van der Waals surface area contributed by atoms with Crippen LogP contribution >= 0.6 is 0 Å². The lowest BCUT2D eigenvalue weighted by atomic mass is 10.0. The van der Waals surface area contributed by atoms with Crippen molar-refractivity contribution in [2.45, 2.75) is 19.4 Å². The Hall–Kier alpha value is -1.55. The van der Waals surface area contributed by atoms with Crippen molar-refractivity contribution in [2.24, 2.45) is 0 Å². The van der Waals surface area contributed by atoms with Crippen LogP contribution in [-0.4, -0.2) is 37.7 Å². The summed E-state index contributed by atoms with van der Waals surface area (Å²) in [6, 6.07) is 8.35. The molecule has 98 valence electrons. The summed E-state index contributed by atoms with van der Waals surface area (Å²) in [6.07, 6.45) is 1.80. The fraction of sp³-hybridized carbons (Fsp3) is 0.500. The first-order valence-electron chi connectivity index (χ1n) is 6.40. The molecule has 1 N–H and O–H groups in total. The Morgan fingerprint density at radius 3 is 2.94 bits per heavy atom. The number of ether oxygens (including phenoxy) is 1. The standard InChI is InChI=1S/C14H20N2O2/c1-18-10-4-8-15-14(17)16-9-7-12-5-2-3-6-13(12)11-16/h2-3,5-6H,4,7-11H2,1H3,(H,15,17). The van der Waals surface area contributed by atoms with Gasteiger partial charge in [-0.3, -0.25) is 0 Å². The maximum atomic E-state index is 11.9. The second-order valence-corrected chi connectivity index (χ2v) is 4.52. The van der Waals surface area contributed by atoms with Crippen molar-refractivity contribution in [3.8, 4) is 0 Å². The number of urea groups is 1. The van der Waals surface area contributed by atoms with Crippen LogP contribution in [0.25, 0.3) is 0 Å². The van der Waals surface area contributed by atoms with E-state index >= 15 is 0 Å². The summed E-state index contributed by atoms with van der Waals surface area (Å²) in [5, 5.41) is 2.92. The Labute approximate surface area is 108 Å². The molecule has 0 spiro atoms. The molecular formula is C14H20N2O2. The number of methoxy groups -OCH3 is 1. The van der Waals surface area contributed by atoms with Gasteiger partial charge in [-0.05, 0) is 24.0 Å². The highest BCUT2D eigenvalue weighted by atomic mass is 16.5. The summed E-state index contributed by atoms with van der Waals surface area (Å²) in [7, 11) is 1.67. The highest BCUT2D eigenvalue weighted by Gasteiger charge is 2.19. The molecule has 2 amide bonds. The van der Waals surface area contributed by atoms with Gasteiger partial charge in [0.15, 0.2) is 0 Å². The van der Waals surface area contributed by atoms with E-state index in [1.165, 1.54) is 11.1 Å². The molecule has 0 saturated heterocycles. The number of fused-ring (bicyclic) bond motifs is 1. The molecule has 0 aromatic heterocycles. The van der Waals surface area contributed by atoms with E-state index in [1.807, 2.05) is 11.0 Å². The lowest BCUT2D eigenvalue weighted by molar-refractivity contribution is 0.182. The molecule has 0 unspecified atom stereocenters. The van der Waals surface area contributed by atoms with Gasteiger partial charge in [0.05, 0.1) is 0 Å². The number of benzene rings is 1. The SMILES string of the molecule is COCCCNC(=O)N1CCc2ccccc2C1. The molecule has 0 radical (unpaired) electrons. The fourth-order valence-corrected chi connectivity index (χ4v) is 2.19. The molecule has 0 saturated carbocycles. The van der Waals surface area contributed by atoms with E-state index in [0.29, 0.717) is 19.7 Å². The number of hydrogen-bond donors (Lipinski definition) is 1. The smallest absolute Gasteiger partial charge is 0.317 e. The molecule has 1 aromatic rings. The van der Waals surface area contributed by atoms with Crippen molar-refractivity contribution in [1.29, 1.82) is 0 Å². The van der Waals surface area contributed by atoms with Gasteiger partial charge in [0.2, 0.25) is 0 Å². The van der Waals surface area contributed by atoms with Gasteiger partial charge < -0.3 is 15.0 Å². The Morgan fingerprint density at radius 2 is 2.17 bits per heavy atom. The summed E-state index contributed by atoms with van der Waals surface area (Å²) >= 11 is 0. The predicted octanol–water partition coefficient (Wildman–Crippen LogP) is 1.79. The zero-order valence-corrected chi connectivity index (χ0v) is 10.8. The maximum absolute atomic E-state index is 11.9. The molecule has 18 heavy (non-hydrogen) atoms. The van der Waals surface area contributed by atoms with Gasteiger partial charge >= 0.3 is 6.03 Å². The molecule has 4 heteroatoms. The number of nitrogens with zero attached hydrogens (tertiary/aromatic N) is 1. The van der Waals surface area contributed by atoms with Crippen LogP contribution in [0.2, 0.25) is 0 Å². The summed E-state index contributed by atoms with van der Waals surface area (Å²) in [4.78, 5) is 13.8. The maximum Gasteiger partial charge on any atom is 0.317 e. The average Bonchev–Trinajstić information content (AvgIpc) is 2.43. The minimum absolute atomic E-state index is 0.0283. The van der Waals surface area contributed by atoms with Gasteiger partial charge in [0, 0.05) is 33.4 Å².